The lowest BCUT2D eigenvalue weighted by Crippen LogP contribution is -1.94. The van der Waals surface area contributed by atoms with Crippen LogP contribution in [0.5, 0.6) is 0 Å². The van der Waals surface area contributed by atoms with Crippen LogP contribution < -0.4 is 0 Å². The third-order valence-corrected chi connectivity index (χ3v) is 2.00. The molecule has 3 nitrogen and oxygen atoms in total. The lowest BCUT2D eigenvalue weighted by molar-refractivity contribution is 0.0697. The fourth-order valence-corrected chi connectivity index (χ4v) is 1.29. The monoisotopic (exact) mass is 212 g/mol. The van der Waals surface area contributed by atoms with E-state index in [1.807, 2.05) is 0 Å². The highest BCUT2D eigenvalue weighted by Crippen LogP contribution is 2.27. The molecule has 1 aromatic carbocycles. The van der Waals surface area contributed by atoms with Crippen LogP contribution in [0.15, 0.2) is 28.7 Å². The van der Waals surface area contributed by atoms with E-state index in [1.165, 1.54) is 24.3 Å². The van der Waals surface area contributed by atoms with Crippen LogP contribution in [0, 0.1) is 0 Å². The number of hydrogen-bond acceptors (Lipinski definition) is 2. The van der Waals surface area contributed by atoms with Crippen LogP contribution in [0.3, 0.4) is 0 Å². The van der Waals surface area contributed by atoms with Gasteiger partial charge in [-0.25, -0.2) is 13.6 Å². The lowest BCUT2D eigenvalue weighted by atomic mass is 10.2. The highest BCUT2D eigenvalue weighted by Gasteiger charge is 2.14. The van der Waals surface area contributed by atoms with Crippen LogP contribution in [0.25, 0.3) is 11.0 Å². The molecule has 0 fully saturated rings. The maximum atomic E-state index is 12.3. The predicted octanol–water partition coefficient (Wildman–Crippen LogP) is 3.07. The molecule has 2 aromatic rings. The first kappa shape index (κ1) is 9.64. The average molecular weight is 212 g/mol. The molecule has 15 heavy (non-hydrogen) atoms. The maximum Gasteiger partial charge on any atom is 0.335 e. The number of furan rings is 1. The van der Waals surface area contributed by atoms with E-state index in [4.69, 9.17) is 9.52 Å². The van der Waals surface area contributed by atoms with Gasteiger partial charge in [0, 0.05) is 5.39 Å². The van der Waals surface area contributed by atoms with Gasteiger partial charge in [0.05, 0.1) is 5.56 Å². The molecule has 0 aliphatic heterocycles. The number of halogens is 2. The Balaban J connectivity index is 2.57. The Morgan fingerprint density at radius 3 is 2.67 bits per heavy atom. The molecule has 1 N–H and O–H groups in total. The van der Waals surface area contributed by atoms with Crippen molar-refractivity contribution in [3.8, 4) is 0 Å². The summed E-state index contributed by atoms with van der Waals surface area (Å²) in [5.41, 5.74) is 0.169. The number of hydrogen-bond donors (Lipinski definition) is 1. The molecule has 0 atom stereocenters. The first-order valence-corrected chi connectivity index (χ1v) is 4.13. The van der Waals surface area contributed by atoms with Gasteiger partial charge in [-0.2, -0.15) is 0 Å². The van der Waals surface area contributed by atoms with Gasteiger partial charge in [0.1, 0.15) is 5.58 Å². The number of carbonyl (C=O) groups is 1. The molecule has 2 rings (SSSR count). The average Bonchev–Trinajstić information content (AvgIpc) is 2.59. The molecule has 1 aromatic heterocycles. The van der Waals surface area contributed by atoms with E-state index in [2.05, 4.69) is 0 Å². The van der Waals surface area contributed by atoms with Crippen LogP contribution in [0.2, 0.25) is 0 Å². The molecule has 0 radical (unpaired) electrons. The fraction of sp³-hybridized carbons (Fsp3) is 0.100. The molecule has 0 aliphatic carbocycles. The van der Waals surface area contributed by atoms with Crippen molar-refractivity contribution >= 4 is 16.9 Å². The van der Waals surface area contributed by atoms with Crippen molar-refractivity contribution in [3.63, 3.8) is 0 Å². The van der Waals surface area contributed by atoms with Gasteiger partial charge >= 0.3 is 5.97 Å². The Kier molecular flexibility index (Phi) is 2.15. The summed E-state index contributed by atoms with van der Waals surface area (Å²) >= 11 is 0. The zero-order valence-electron chi connectivity index (χ0n) is 7.41. The van der Waals surface area contributed by atoms with Gasteiger partial charge in [-0.3, -0.25) is 0 Å². The van der Waals surface area contributed by atoms with Crippen LogP contribution >= 0.6 is 0 Å². The molecule has 0 unspecified atom stereocenters. The molecule has 0 saturated heterocycles. The Morgan fingerprint density at radius 2 is 2.07 bits per heavy atom. The van der Waals surface area contributed by atoms with Gasteiger partial charge in [0.15, 0.2) is 5.76 Å². The van der Waals surface area contributed by atoms with Crippen molar-refractivity contribution in [1.29, 1.82) is 0 Å². The molecular formula is C10H6F2O3. The first-order chi connectivity index (χ1) is 7.08. The molecule has 0 bridgehead atoms. The largest absolute Gasteiger partial charge is 0.478 e. The highest BCUT2D eigenvalue weighted by molar-refractivity contribution is 5.92. The quantitative estimate of drug-likeness (QED) is 0.832. The number of fused-ring (bicyclic) bond motifs is 1. The summed E-state index contributed by atoms with van der Waals surface area (Å²) < 4.78 is 29.3. The topological polar surface area (TPSA) is 50.4 Å². The van der Waals surface area contributed by atoms with Gasteiger partial charge in [-0.15, -0.1) is 0 Å². The lowest BCUT2D eigenvalue weighted by Gasteiger charge is -1.92. The third kappa shape index (κ3) is 1.68. The Labute approximate surface area is 82.9 Å². The zero-order chi connectivity index (χ0) is 11.0. The normalized spacial score (nSPS) is 11.1. The van der Waals surface area contributed by atoms with Gasteiger partial charge in [-0.1, -0.05) is 6.07 Å². The summed E-state index contributed by atoms with van der Waals surface area (Å²) in [6.07, 6.45) is -2.69. The summed E-state index contributed by atoms with van der Waals surface area (Å²) in [7, 11) is 0. The van der Waals surface area contributed by atoms with Crippen LogP contribution in [0.1, 0.15) is 22.5 Å². The number of carboxylic acid groups (broad SMARTS) is 1. The minimum atomic E-state index is -2.69. The number of rotatable bonds is 2. The van der Waals surface area contributed by atoms with Gasteiger partial charge < -0.3 is 9.52 Å². The Morgan fingerprint density at radius 1 is 1.33 bits per heavy atom. The van der Waals surface area contributed by atoms with Gasteiger partial charge in [-0.05, 0) is 18.2 Å². The van der Waals surface area contributed by atoms with Crippen molar-refractivity contribution in [2.24, 2.45) is 0 Å². The van der Waals surface area contributed by atoms with Crippen molar-refractivity contribution < 1.29 is 23.1 Å². The van der Waals surface area contributed by atoms with E-state index >= 15 is 0 Å². The SMILES string of the molecule is O=C(O)c1ccc2cc(C(F)F)oc2c1. The first-order valence-electron chi connectivity index (χ1n) is 4.13. The predicted molar refractivity (Wildman–Crippen MR) is 48.1 cm³/mol. The Hall–Kier alpha value is -1.91. The number of aromatic carboxylic acids is 1. The van der Waals surface area contributed by atoms with Crippen molar-refractivity contribution in [1.82, 2.24) is 0 Å². The van der Waals surface area contributed by atoms with Crippen molar-refractivity contribution in [3.05, 3.63) is 35.6 Å². The second-order valence-electron chi connectivity index (χ2n) is 3.01. The summed E-state index contributed by atoms with van der Waals surface area (Å²) in [5, 5.41) is 9.14. The summed E-state index contributed by atoms with van der Waals surface area (Å²) in [4.78, 5) is 10.6. The molecule has 1 heterocycles. The minimum absolute atomic E-state index is 0.0117. The minimum Gasteiger partial charge on any atom is -0.478 e. The smallest absolute Gasteiger partial charge is 0.335 e. The number of alkyl halides is 2. The highest BCUT2D eigenvalue weighted by atomic mass is 19.3. The summed E-state index contributed by atoms with van der Waals surface area (Å²) in [6.45, 7) is 0. The molecule has 0 saturated carbocycles. The summed E-state index contributed by atoms with van der Waals surface area (Å²) in [6, 6.07) is 5.21. The standard InChI is InChI=1S/C10H6F2O3/c11-9(12)8-3-5-1-2-6(10(13)14)4-7(5)15-8/h1-4,9H,(H,13,14). The van der Waals surface area contributed by atoms with Crippen LogP contribution in [-0.2, 0) is 0 Å². The third-order valence-electron chi connectivity index (χ3n) is 2.00. The second kappa shape index (κ2) is 3.34. The van der Waals surface area contributed by atoms with E-state index < -0.39 is 18.2 Å². The molecule has 0 spiro atoms. The molecule has 5 heteroatoms. The van der Waals surface area contributed by atoms with Gasteiger partial charge in [0.25, 0.3) is 6.43 Å². The summed E-state index contributed by atoms with van der Waals surface area (Å²) in [5.74, 6) is -1.57. The number of carboxylic acids is 1. The zero-order valence-corrected chi connectivity index (χ0v) is 7.41. The van der Waals surface area contributed by atoms with E-state index in [-0.39, 0.29) is 11.1 Å². The molecule has 0 aliphatic rings. The van der Waals surface area contributed by atoms with Crippen molar-refractivity contribution in [2.75, 3.05) is 0 Å². The Bertz CT molecular complexity index is 516. The van der Waals surface area contributed by atoms with Gasteiger partial charge in [0.2, 0.25) is 0 Å². The van der Waals surface area contributed by atoms with E-state index in [0.29, 0.717) is 5.39 Å². The molecular weight excluding hydrogens is 206 g/mol. The van der Waals surface area contributed by atoms with E-state index in [0.717, 1.165) is 0 Å². The number of benzene rings is 1. The van der Waals surface area contributed by atoms with Crippen LogP contribution in [-0.4, -0.2) is 11.1 Å². The fourth-order valence-electron chi connectivity index (χ4n) is 1.29. The van der Waals surface area contributed by atoms with Crippen molar-refractivity contribution in [2.45, 2.75) is 6.43 Å². The van der Waals surface area contributed by atoms with Crippen LogP contribution in [0.4, 0.5) is 8.78 Å². The molecule has 0 amide bonds. The molecule has 78 valence electrons. The second-order valence-corrected chi connectivity index (χ2v) is 3.01. The maximum absolute atomic E-state index is 12.3. The van der Waals surface area contributed by atoms with E-state index in [1.54, 1.807) is 0 Å². The van der Waals surface area contributed by atoms with E-state index in [9.17, 15) is 13.6 Å².